The van der Waals surface area contributed by atoms with Crippen molar-refractivity contribution < 1.29 is 14.8 Å². The summed E-state index contributed by atoms with van der Waals surface area (Å²) in [6.07, 6.45) is 0. The fourth-order valence-corrected chi connectivity index (χ4v) is 2.27. The first-order valence-electron chi connectivity index (χ1n) is 5.66. The first-order chi connectivity index (χ1) is 9.02. The predicted octanol–water partition coefficient (Wildman–Crippen LogP) is 1.17. The van der Waals surface area contributed by atoms with E-state index in [-0.39, 0.29) is 38.5 Å². The summed E-state index contributed by atoms with van der Waals surface area (Å²) in [4.78, 5) is 36.2. The van der Waals surface area contributed by atoms with Crippen LogP contribution < -0.4 is 5.56 Å². The molecule has 3 rings (SSSR count). The summed E-state index contributed by atoms with van der Waals surface area (Å²) in [7, 11) is 0. The first kappa shape index (κ1) is 11.4. The van der Waals surface area contributed by atoms with E-state index < -0.39 is 11.3 Å². The molecule has 1 aromatic heterocycles. The summed E-state index contributed by atoms with van der Waals surface area (Å²) in [6, 6.07) is 7.70. The SMILES string of the molecule is Cc1cc2c(n(O)c1=O)C(=O)c1ccccc1C2=O. The largest absolute Gasteiger partial charge is 0.425 e. The fourth-order valence-electron chi connectivity index (χ4n) is 2.27. The van der Waals surface area contributed by atoms with E-state index >= 15 is 0 Å². The molecule has 0 saturated heterocycles. The monoisotopic (exact) mass is 255 g/mol. The topological polar surface area (TPSA) is 76.4 Å². The zero-order chi connectivity index (χ0) is 13.7. The van der Waals surface area contributed by atoms with Crippen LogP contribution in [0, 0.1) is 6.92 Å². The van der Waals surface area contributed by atoms with Gasteiger partial charge in [0.2, 0.25) is 5.78 Å². The number of aromatic nitrogens is 1. The van der Waals surface area contributed by atoms with E-state index in [1.807, 2.05) is 0 Å². The third-order valence-corrected chi connectivity index (χ3v) is 3.23. The van der Waals surface area contributed by atoms with Crippen LogP contribution in [0.3, 0.4) is 0 Å². The van der Waals surface area contributed by atoms with E-state index in [9.17, 15) is 19.6 Å². The molecule has 1 N–H and O–H groups in total. The predicted molar refractivity (Wildman–Crippen MR) is 65.9 cm³/mol. The van der Waals surface area contributed by atoms with E-state index in [4.69, 9.17) is 0 Å². The van der Waals surface area contributed by atoms with Crippen LogP contribution in [-0.2, 0) is 0 Å². The van der Waals surface area contributed by atoms with E-state index in [0.29, 0.717) is 0 Å². The quantitative estimate of drug-likeness (QED) is 0.612. The number of aryl methyl sites for hydroxylation is 1. The molecule has 0 spiro atoms. The van der Waals surface area contributed by atoms with Crippen molar-refractivity contribution in [2.75, 3.05) is 0 Å². The second kappa shape index (κ2) is 3.65. The Hall–Kier alpha value is -2.69. The summed E-state index contributed by atoms with van der Waals surface area (Å²) in [6.45, 7) is 1.48. The lowest BCUT2D eigenvalue weighted by atomic mass is 9.86. The number of carbonyl (C=O) groups excluding carboxylic acids is 2. The Morgan fingerprint density at radius 2 is 1.53 bits per heavy atom. The lowest BCUT2D eigenvalue weighted by Crippen LogP contribution is -2.32. The standard InChI is InChI=1S/C14H9NO4/c1-7-6-10-11(15(19)14(7)18)13(17)9-5-3-2-4-8(9)12(10)16/h2-6,19H,1H3. The molecule has 0 radical (unpaired) electrons. The summed E-state index contributed by atoms with van der Waals surface area (Å²) in [5, 5.41) is 9.77. The molecule has 94 valence electrons. The van der Waals surface area contributed by atoms with Crippen LogP contribution in [0.4, 0.5) is 0 Å². The maximum absolute atomic E-state index is 12.3. The molecule has 0 bridgehead atoms. The Bertz CT molecular complexity index is 802. The van der Waals surface area contributed by atoms with Crippen molar-refractivity contribution in [2.24, 2.45) is 0 Å². The molecule has 5 nitrogen and oxygen atoms in total. The van der Waals surface area contributed by atoms with Crippen LogP contribution in [-0.4, -0.2) is 21.5 Å². The summed E-state index contributed by atoms with van der Waals surface area (Å²) in [5.41, 5.74) is -0.201. The number of carbonyl (C=O) groups is 2. The van der Waals surface area contributed by atoms with Crippen LogP contribution in [0.1, 0.15) is 37.5 Å². The zero-order valence-electron chi connectivity index (χ0n) is 10.0. The molecular weight excluding hydrogens is 246 g/mol. The van der Waals surface area contributed by atoms with Crippen molar-refractivity contribution in [2.45, 2.75) is 6.92 Å². The molecule has 2 aromatic rings. The van der Waals surface area contributed by atoms with Gasteiger partial charge in [-0.2, -0.15) is 0 Å². The van der Waals surface area contributed by atoms with Gasteiger partial charge in [-0.15, -0.1) is 4.73 Å². The number of nitrogens with zero attached hydrogens (tertiary/aromatic N) is 1. The molecule has 0 amide bonds. The number of fused-ring (bicyclic) bond motifs is 2. The summed E-state index contributed by atoms with van der Waals surface area (Å²) < 4.78 is 0.265. The van der Waals surface area contributed by atoms with E-state index in [0.717, 1.165) is 0 Å². The second-order valence-electron chi connectivity index (χ2n) is 4.41. The molecule has 19 heavy (non-hydrogen) atoms. The third-order valence-electron chi connectivity index (χ3n) is 3.23. The molecule has 1 aliphatic carbocycles. The van der Waals surface area contributed by atoms with Crippen LogP contribution in [0.5, 0.6) is 0 Å². The molecular formula is C14H9NO4. The van der Waals surface area contributed by atoms with E-state index in [1.54, 1.807) is 18.2 Å². The Labute approximate surface area is 107 Å². The molecule has 1 aliphatic rings. The van der Waals surface area contributed by atoms with E-state index in [1.165, 1.54) is 19.1 Å². The average Bonchev–Trinajstić information content (AvgIpc) is 2.42. The highest BCUT2D eigenvalue weighted by Crippen LogP contribution is 2.26. The maximum Gasteiger partial charge on any atom is 0.286 e. The van der Waals surface area contributed by atoms with Gasteiger partial charge in [-0.3, -0.25) is 14.4 Å². The highest BCUT2D eigenvalue weighted by molar-refractivity contribution is 6.27. The van der Waals surface area contributed by atoms with Gasteiger partial charge in [0.15, 0.2) is 5.78 Å². The second-order valence-corrected chi connectivity index (χ2v) is 4.41. The lowest BCUT2D eigenvalue weighted by molar-refractivity contribution is 0.0922. The van der Waals surface area contributed by atoms with Gasteiger partial charge in [0.25, 0.3) is 5.56 Å². The Morgan fingerprint density at radius 1 is 0.947 bits per heavy atom. The van der Waals surface area contributed by atoms with Crippen molar-refractivity contribution >= 4 is 11.6 Å². The van der Waals surface area contributed by atoms with E-state index in [2.05, 4.69) is 0 Å². The van der Waals surface area contributed by atoms with Gasteiger partial charge in [-0.1, -0.05) is 24.3 Å². The number of hydrogen-bond acceptors (Lipinski definition) is 4. The van der Waals surface area contributed by atoms with Gasteiger partial charge in [0.05, 0.1) is 5.56 Å². The van der Waals surface area contributed by atoms with Gasteiger partial charge in [0.1, 0.15) is 5.69 Å². The molecule has 0 unspecified atom stereocenters. The van der Waals surface area contributed by atoms with Crippen LogP contribution in [0.15, 0.2) is 35.1 Å². The molecule has 0 atom stereocenters. The molecule has 0 fully saturated rings. The Balaban J connectivity index is 2.43. The van der Waals surface area contributed by atoms with Gasteiger partial charge < -0.3 is 5.21 Å². The number of rotatable bonds is 0. The minimum absolute atomic E-state index is 0.0586. The third kappa shape index (κ3) is 1.38. The summed E-state index contributed by atoms with van der Waals surface area (Å²) >= 11 is 0. The number of pyridine rings is 1. The minimum atomic E-state index is -0.695. The zero-order valence-corrected chi connectivity index (χ0v) is 10.0. The number of ketones is 2. The molecule has 5 heteroatoms. The molecule has 1 aromatic carbocycles. The van der Waals surface area contributed by atoms with Crippen molar-refractivity contribution in [1.82, 2.24) is 4.73 Å². The Morgan fingerprint density at radius 3 is 2.16 bits per heavy atom. The van der Waals surface area contributed by atoms with Gasteiger partial charge >= 0.3 is 0 Å². The maximum atomic E-state index is 12.3. The van der Waals surface area contributed by atoms with Gasteiger partial charge in [-0.25, -0.2) is 0 Å². The van der Waals surface area contributed by atoms with Gasteiger partial charge in [-0.05, 0) is 13.0 Å². The minimum Gasteiger partial charge on any atom is -0.425 e. The summed E-state index contributed by atoms with van der Waals surface area (Å²) in [5.74, 6) is -0.888. The fraction of sp³-hybridized carbons (Fsp3) is 0.0714. The van der Waals surface area contributed by atoms with Crippen molar-refractivity contribution in [1.29, 1.82) is 0 Å². The van der Waals surface area contributed by atoms with Crippen LogP contribution in [0.25, 0.3) is 0 Å². The number of hydrogen-bond donors (Lipinski definition) is 1. The average molecular weight is 255 g/mol. The van der Waals surface area contributed by atoms with Crippen LogP contribution >= 0.6 is 0 Å². The number of benzene rings is 1. The van der Waals surface area contributed by atoms with Crippen LogP contribution in [0.2, 0.25) is 0 Å². The Kier molecular flexibility index (Phi) is 2.19. The lowest BCUT2D eigenvalue weighted by Gasteiger charge is -2.18. The highest BCUT2D eigenvalue weighted by Gasteiger charge is 2.33. The van der Waals surface area contributed by atoms with Crippen molar-refractivity contribution in [3.05, 3.63) is 68.6 Å². The molecule has 0 aliphatic heterocycles. The van der Waals surface area contributed by atoms with Crippen molar-refractivity contribution in [3.63, 3.8) is 0 Å². The normalized spacial score (nSPS) is 13.1. The van der Waals surface area contributed by atoms with Gasteiger partial charge in [0, 0.05) is 16.7 Å². The first-order valence-corrected chi connectivity index (χ1v) is 5.66. The molecule has 1 heterocycles. The highest BCUT2D eigenvalue weighted by atomic mass is 16.5. The van der Waals surface area contributed by atoms with Crippen molar-refractivity contribution in [3.8, 4) is 0 Å². The molecule has 0 saturated carbocycles. The smallest absolute Gasteiger partial charge is 0.286 e.